The van der Waals surface area contributed by atoms with Gasteiger partial charge < -0.3 is 15.8 Å². The molecule has 0 spiro atoms. The van der Waals surface area contributed by atoms with E-state index in [1.54, 1.807) is 7.11 Å². The minimum Gasteiger partial charge on any atom is -0.497 e. The molecule has 0 bridgehead atoms. The topological polar surface area (TPSA) is 73.1 Å². The van der Waals surface area contributed by atoms with Crippen molar-refractivity contribution in [1.82, 2.24) is 9.97 Å². The van der Waals surface area contributed by atoms with Gasteiger partial charge in [-0.15, -0.1) is 0 Å². The van der Waals surface area contributed by atoms with Crippen LogP contribution in [0.25, 0.3) is 0 Å². The Labute approximate surface area is 104 Å². The van der Waals surface area contributed by atoms with Crippen LogP contribution < -0.4 is 15.8 Å². The van der Waals surface area contributed by atoms with Gasteiger partial charge in [0.25, 0.3) is 0 Å². The lowest BCUT2D eigenvalue weighted by atomic mass is 10.3. The summed E-state index contributed by atoms with van der Waals surface area (Å²) in [6, 6.07) is 8.84. The molecular formula is C11H11ClN4O. The third-order valence-corrected chi connectivity index (χ3v) is 2.25. The number of benzene rings is 1. The van der Waals surface area contributed by atoms with Crippen molar-refractivity contribution in [2.24, 2.45) is 0 Å². The van der Waals surface area contributed by atoms with Gasteiger partial charge in [0.15, 0.2) is 0 Å². The zero-order valence-corrected chi connectivity index (χ0v) is 9.90. The van der Waals surface area contributed by atoms with Gasteiger partial charge in [0.2, 0.25) is 5.95 Å². The van der Waals surface area contributed by atoms with Gasteiger partial charge in [-0.25, -0.2) is 4.98 Å². The molecule has 1 aromatic carbocycles. The second kappa shape index (κ2) is 4.88. The van der Waals surface area contributed by atoms with Gasteiger partial charge in [0.1, 0.15) is 16.7 Å². The number of nitrogen functional groups attached to an aromatic ring is 1. The lowest BCUT2D eigenvalue weighted by Crippen LogP contribution is -2.00. The van der Waals surface area contributed by atoms with Crippen molar-refractivity contribution in [1.29, 1.82) is 0 Å². The van der Waals surface area contributed by atoms with Gasteiger partial charge in [-0.1, -0.05) is 11.6 Å². The molecule has 0 saturated heterocycles. The average Bonchev–Trinajstić information content (AvgIpc) is 2.28. The summed E-state index contributed by atoms with van der Waals surface area (Å²) in [5.41, 5.74) is 6.39. The number of nitrogens with zero attached hydrogens (tertiary/aromatic N) is 2. The fourth-order valence-electron chi connectivity index (χ4n) is 1.29. The molecule has 0 atom stereocenters. The number of rotatable bonds is 3. The summed E-state index contributed by atoms with van der Waals surface area (Å²) in [6.07, 6.45) is 0. The van der Waals surface area contributed by atoms with Gasteiger partial charge in [0.05, 0.1) is 7.11 Å². The molecule has 0 aliphatic rings. The van der Waals surface area contributed by atoms with Gasteiger partial charge in [0, 0.05) is 11.8 Å². The summed E-state index contributed by atoms with van der Waals surface area (Å²) in [4.78, 5) is 8.02. The Bertz CT molecular complexity index is 495. The molecule has 88 valence electrons. The van der Waals surface area contributed by atoms with E-state index in [9.17, 15) is 0 Å². The van der Waals surface area contributed by atoms with E-state index in [2.05, 4.69) is 15.3 Å². The van der Waals surface area contributed by atoms with E-state index >= 15 is 0 Å². The van der Waals surface area contributed by atoms with Gasteiger partial charge in [-0.2, -0.15) is 4.98 Å². The van der Waals surface area contributed by atoms with E-state index in [0.29, 0.717) is 16.9 Å². The third-order valence-electron chi connectivity index (χ3n) is 2.06. The third kappa shape index (κ3) is 2.98. The minimum absolute atomic E-state index is 0.300. The molecule has 2 rings (SSSR count). The highest BCUT2D eigenvalue weighted by Crippen LogP contribution is 2.19. The minimum atomic E-state index is 0.300. The quantitative estimate of drug-likeness (QED) is 0.819. The van der Waals surface area contributed by atoms with E-state index in [4.69, 9.17) is 22.1 Å². The lowest BCUT2D eigenvalue weighted by molar-refractivity contribution is 0.415. The van der Waals surface area contributed by atoms with Crippen molar-refractivity contribution in [2.75, 3.05) is 18.2 Å². The average molecular weight is 251 g/mol. The smallest absolute Gasteiger partial charge is 0.230 e. The monoisotopic (exact) mass is 250 g/mol. The number of hydrogen-bond acceptors (Lipinski definition) is 5. The fraction of sp³-hybridized carbons (Fsp3) is 0.0909. The Balaban J connectivity index is 2.19. The molecule has 0 fully saturated rings. The zero-order valence-electron chi connectivity index (χ0n) is 9.14. The molecule has 17 heavy (non-hydrogen) atoms. The summed E-state index contributed by atoms with van der Waals surface area (Å²) in [7, 11) is 1.61. The number of ether oxygens (including phenoxy) is 1. The molecule has 6 heteroatoms. The molecule has 0 radical (unpaired) electrons. The van der Waals surface area contributed by atoms with Crippen LogP contribution in [-0.4, -0.2) is 17.1 Å². The molecule has 3 N–H and O–H groups in total. The maximum absolute atomic E-state index is 5.77. The highest BCUT2D eigenvalue weighted by atomic mass is 35.5. The summed E-state index contributed by atoms with van der Waals surface area (Å²) in [5, 5.41) is 3.29. The zero-order chi connectivity index (χ0) is 12.3. The van der Waals surface area contributed by atoms with E-state index in [0.717, 1.165) is 11.4 Å². The maximum atomic E-state index is 5.77. The van der Waals surface area contributed by atoms with Crippen molar-refractivity contribution < 1.29 is 4.74 Å². The Morgan fingerprint density at radius 2 is 1.94 bits per heavy atom. The second-order valence-corrected chi connectivity index (χ2v) is 3.68. The van der Waals surface area contributed by atoms with Crippen molar-refractivity contribution in [3.05, 3.63) is 35.5 Å². The highest BCUT2D eigenvalue weighted by Gasteiger charge is 2.01. The van der Waals surface area contributed by atoms with Crippen LogP contribution in [-0.2, 0) is 0 Å². The van der Waals surface area contributed by atoms with Crippen LogP contribution in [0.2, 0.25) is 5.15 Å². The Hall–Kier alpha value is -2.01. The molecule has 0 aliphatic carbocycles. The molecule has 0 saturated carbocycles. The Kier molecular flexibility index (Phi) is 3.30. The first-order valence-corrected chi connectivity index (χ1v) is 5.26. The summed E-state index contributed by atoms with van der Waals surface area (Å²) in [5.74, 6) is 1.46. The summed E-state index contributed by atoms with van der Waals surface area (Å²) < 4.78 is 5.06. The SMILES string of the molecule is COc1ccc(Nc2nc(N)cc(Cl)n2)cc1. The predicted octanol–water partition coefficient (Wildman–Crippen LogP) is 2.46. The largest absolute Gasteiger partial charge is 0.497 e. The number of hydrogen-bond donors (Lipinski definition) is 2. The van der Waals surface area contributed by atoms with Gasteiger partial charge in [-0.3, -0.25) is 0 Å². The van der Waals surface area contributed by atoms with Crippen LogP contribution in [0.4, 0.5) is 17.5 Å². The Morgan fingerprint density at radius 3 is 2.53 bits per heavy atom. The first-order chi connectivity index (χ1) is 8.17. The molecule has 1 heterocycles. The maximum Gasteiger partial charge on any atom is 0.230 e. The molecule has 5 nitrogen and oxygen atoms in total. The number of halogens is 1. The summed E-state index contributed by atoms with van der Waals surface area (Å²) in [6.45, 7) is 0. The predicted molar refractivity (Wildman–Crippen MR) is 67.7 cm³/mol. The van der Waals surface area contributed by atoms with Crippen molar-refractivity contribution >= 4 is 29.1 Å². The van der Waals surface area contributed by atoms with Crippen LogP contribution in [0.5, 0.6) is 5.75 Å². The molecule has 1 aromatic heterocycles. The number of aromatic nitrogens is 2. The molecular weight excluding hydrogens is 240 g/mol. The molecule has 0 amide bonds. The molecule has 2 aromatic rings. The van der Waals surface area contributed by atoms with Crippen LogP contribution >= 0.6 is 11.6 Å². The number of anilines is 3. The van der Waals surface area contributed by atoms with Crippen LogP contribution in [0.3, 0.4) is 0 Å². The van der Waals surface area contributed by atoms with E-state index in [-0.39, 0.29) is 0 Å². The first kappa shape index (κ1) is 11.5. The number of methoxy groups -OCH3 is 1. The van der Waals surface area contributed by atoms with E-state index < -0.39 is 0 Å². The van der Waals surface area contributed by atoms with E-state index in [1.165, 1.54) is 6.07 Å². The van der Waals surface area contributed by atoms with Crippen LogP contribution in [0, 0.1) is 0 Å². The van der Waals surface area contributed by atoms with Crippen LogP contribution in [0.15, 0.2) is 30.3 Å². The molecule has 0 unspecified atom stereocenters. The Morgan fingerprint density at radius 1 is 1.24 bits per heavy atom. The summed E-state index contributed by atoms with van der Waals surface area (Å²) >= 11 is 5.77. The van der Waals surface area contributed by atoms with E-state index in [1.807, 2.05) is 24.3 Å². The highest BCUT2D eigenvalue weighted by molar-refractivity contribution is 6.29. The van der Waals surface area contributed by atoms with Crippen molar-refractivity contribution in [2.45, 2.75) is 0 Å². The fourth-order valence-corrected chi connectivity index (χ4v) is 1.49. The van der Waals surface area contributed by atoms with Crippen molar-refractivity contribution in [3.63, 3.8) is 0 Å². The standard InChI is InChI=1S/C11H11ClN4O/c1-17-8-4-2-7(3-5-8)14-11-15-9(12)6-10(13)16-11/h2-6H,1H3,(H3,13,14,15,16). The van der Waals surface area contributed by atoms with Gasteiger partial charge in [-0.05, 0) is 24.3 Å². The number of nitrogens with two attached hydrogens (primary N) is 1. The normalized spacial score (nSPS) is 10.0. The molecule has 0 aliphatic heterocycles. The van der Waals surface area contributed by atoms with Crippen LogP contribution in [0.1, 0.15) is 0 Å². The van der Waals surface area contributed by atoms with Gasteiger partial charge >= 0.3 is 0 Å². The first-order valence-electron chi connectivity index (χ1n) is 4.88. The second-order valence-electron chi connectivity index (χ2n) is 3.29. The lowest BCUT2D eigenvalue weighted by Gasteiger charge is -2.06. The number of nitrogens with one attached hydrogen (secondary N) is 1. The van der Waals surface area contributed by atoms with Crippen molar-refractivity contribution in [3.8, 4) is 5.75 Å².